The van der Waals surface area contributed by atoms with E-state index in [9.17, 15) is 5.11 Å². The van der Waals surface area contributed by atoms with Crippen LogP contribution in [0.4, 0.5) is 0 Å². The Morgan fingerprint density at radius 1 is 1.15 bits per heavy atom. The minimum atomic E-state index is -0.708. The predicted molar refractivity (Wildman–Crippen MR) is 107 cm³/mol. The zero-order valence-electron chi connectivity index (χ0n) is 16.8. The van der Waals surface area contributed by atoms with Crippen LogP contribution < -0.4 is 20.1 Å². The summed E-state index contributed by atoms with van der Waals surface area (Å²) in [5.74, 6) is 1.97. The summed E-state index contributed by atoms with van der Waals surface area (Å²) < 4.78 is 10.5. The minimum Gasteiger partial charge on any atom is -0.493 e. The first-order valence-electron chi connectivity index (χ1n) is 9.50. The highest BCUT2D eigenvalue weighted by molar-refractivity contribution is 5.80. The molecule has 0 spiro atoms. The Bertz CT molecular complexity index is 549. The molecule has 6 heteroatoms. The van der Waals surface area contributed by atoms with Gasteiger partial charge in [-0.05, 0) is 38.0 Å². The third kappa shape index (κ3) is 7.52. The summed E-state index contributed by atoms with van der Waals surface area (Å²) in [4.78, 5) is 4.53. The number of hydrogen-bond acceptors (Lipinski definition) is 4. The molecular formula is C20H35N3O3. The molecule has 148 valence electrons. The van der Waals surface area contributed by atoms with E-state index in [-0.39, 0.29) is 6.54 Å². The molecule has 0 aliphatic heterocycles. The van der Waals surface area contributed by atoms with Crippen LogP contribution in [-0.4, -0.2) is 44.4 Å². The fourth-order valence-electron chi connectivity index (χ4n) is 2.67. The molecule has 0 aliphatic carbocycles. The maximum absolute atomic E-state index is 10.5. The predicted octanol–water partition coefficient (Wildman–Crippen LogP) is 3.26. The van der Waals surface area contributed by atoms with Gasteiger partial charge in [0.15, 0.2) is 17.5 Å². The summed E-state index contributed by atoms with van der Waals surface area (Å²) >= 11 is 0. The van der Waals surface area contributed by atoms with Crippen LogP contribution in [-0.2, 0) is 0 Å². The molecule has 0 bridgehead atoms. The van der Waals surface area contributed by atoms with Crippen LogP contribution >= 0.6 is 0 Å². The molecule has 1 aromatic rings. The first-order chi connectivity index (χ1) is 12.5. The van der Waals surface area contributed by atoms with Gasteiger partial charge < -0.3 is 25.2 Å². The molecule has 0 saturated heterocycles. The van der Waals surface area contributed by atoms with Crippen molar-refractivity contribution in [1.82, 2.24) is 10.6 Å². The number of benzene rings is 1. The van der Waals surface area contributed by atoms with E-state index in [0.29, 0.717) is 17.5 Å². The van der Waals surface area contributed by atoms with Gasteiger partial charge in [0.2, 0.25) is 0 Å². The maximum atomic E-state index is 10.5. The lowest BCUT2D eigenvalue weighted by Gasteiger charge is -2.18. The van der Waals surface area contributed by atoms with E-state index in [2.05, 4.69) is 29.5 Å². The van der Waals surface area contributed by atoms with Crippen LogP contribution in [0.3, 0.4) is 0 Å². The van der Waals surface area contributed by atoms with Crippen molar-refractivity contribution in [3.05, 3.63) is 23.8 Å². The summed E-state index contributed by atoms with van der Waals surface area (Å²) in [7, 11) is 3.17. The number of nitrogens with zero attached hydrogens (tertiary/aromatic N) is 1. The van der Waals surface area contributed by atoms with Crippen LogP contribution in [0.15, 0.2) is 23.2 Å². The van der Waals surface area contributed by atoms with Crippen LogP contribution in [0.1, 0.15) is 58.1 Å². The smallest absolute Gasteiger partial charge is 0.191 e. The van der Waals surface area contributed by atoms with Gasteiger partial charge in [-0.3, -0.25) is 4.99 Å². The Kier molecular flexibility index (Phi) is 10.5. The fourth-order valence-corrected chi connectivity index (χ4v) is 2.67. The second kappa shape index (κ2) is 12.4. The fraction of sp³-hybridized carbons (Fsp3) is 0.650. The summed E-state index contributed by atoms with van der Waals surface area (Å²) in [6.45, 7) is 7.45. The normalized spacial score (nSPS) is 13.8. The lowest BCUT2D eigenvalue weighted by molar-refractivity contribution is 0.186. The second-order valence-corrected chi connectivity index (χ2v) is 6.39. The summed E-state index contributed by atoms with van der Waals surface area (Å²) in [6, 6.07) is 5.75. The lowest BCUT2D eigenvalue weighted by atomic mass is 10.1. The van der Waals surface area contributed by atoms with Gasteiger partial charge in [-0.25, -0.2) is 0 Å². The minimum absolute atomic E-state index is 0.270. The Balaban J connectivity index is 2.70. The molecule has 0 radical (unpaired) electrons. The van der Waals surface area contributed by atoms with E-state index < -0.39 is 6.10 Å². The Morgan fingerprint density at radius 2 is 1.88 bits per heavy atom. The number of aliphatic hydroxyl groups excluding tert-OH is 1. The van der Waals surface area contributed by atoms with Crippen LogP contribution in [0, 0.1) is 0 Å². The van der Waals surface area contributed by atoms with E-state index in [0.717, 1.165) is 24.5 Å². The molecule has 0 aliphatic rings. The van der Waals surface area contributed by atoms with Gasteiger partial charge in [0, 0.05) is 12.6 Å². The van der Waals surface area contributed by atoms with E-state index >= 15 is 0 Å². The lowest BCUT2D eigenvalue weighted by Crippen LogP contribution is -2.42. The van der Waals surface area contributed by atoms with Gasteiger partial charge in [0.1, 0.15) is 0 Å². The molecule has 0 saturated carbocycles. The van der Waals surface area contributed by atoms with Crippen molar-refractivity contribution in [2.24, 2.45) is 4.99 Å². The molecule has 2 unspecified atom stereocenters. The van der Waals surface area contributed by atoms with Gasteiger partial charge in [-0.2, -0.15) is 0 Å². The summed E-state index contributed by atoms with van der Waals surface area (Å²) in [6.07, 6.45) is 4.07. The molecule has 1 rings (SSSR count). The van der Waals surface area contributed by atoms with Crippen molar-refractivity contribution in [3.8, 4) is 11.5 Å². The Labute approximate surface area is 158 Å². The van der Waals surface area contributed by atoms with Crippen LogP contribution in [0.2, 0.25) is 0 Å². The number of guanidine groups is 1. The largest absolute Gasteiger partial charge is 0.493 e. The topological polar surface area (TPSA) is 75.1 Å². The molecule has 3 N–H and O–H groups in total. The molecule has 0 aromatic heterocycles. The molecule has 2 atom stereocenters. The van der Waals surface area contributed by atoms with Crippen molar-refractivity contribution in [2.75, 3.05) is 27.3 Å². The van der Waals surface area contributed by atoms with Gasteiger partial charge in [0.05, 0.1) is 26.9 Å². The standard InChI is InChI=1S/C20H35N3O3/c1-6-8-9-10-15(3)23-20(21-7-2)22-14-17(24)16-11-12-18(25-4)19(13-16)26-5/h11-13,15,17,24H,6-10,14H2,1-5H3,(H2,21,22,23). The molecule has 26 heavy (non-hydrogen) atoms. The molecule has 6 nitrogen and oxygen atoms in total. The van der Waals surface area contributed by atoms with Gasteiger partial charge >= 0.3 is 0 Å². The van der Waals surface area contributed by atoms with Crippen LogP contribution in [0.25, 0.3) is 0 Å². The quantitative estimate of drug-likeness (QED) is 0.319. The van der Waals surface area contributed by atoms with Crippen molar-refractivity contribution < 1.29 is 14.6 Å². The number of hydrogen-bond donors (Lipinski definition) is 3. The summed E-state index contributed by atoms with van der Waals surface area (Å²) in [5, 5.41) is 17.1. The van der Waals surface area contributed by atoms with Crippen molar-refractivity contribution in [3.63, 3.8) is 0 Å². The van der Waals surface area contributed by atoms with Gasteiger partial charge in [-0.1, -0.05) is 32.3 Å². The van der Waals surface area contributed by atoms with Crippen molar-refractivity contribution >= 4 is 5.96 Å². The van der Waals surface area contributed by atoms with E-state index in [1.54, 1.807) is 26.4 Å². The third-order valence-corrected chi connectivity index (χ3v) is 4.18. The highest BCUT2D eigenvalue weighted by Gasteiger charge is 2.12. The third-order valence-electron chi connectivity index (χ3n) is 4.18. The molecule has 0 fully saturated rings. The number of methoxy groups -OCH3 is 2. The number of aliphatic hydroxyl groups is 1. The zero-order valence-corrected chi connectivity index (χ0v) is 16.8. The average molecular weight is 366 g/mol. The number of aliphatic imine (C=N–C) groups is 1. The van der Waals surface area contributed by atoms with E-state index in [4.69, 9.17) is 9.47 Å². The highest BCUT2D eigenvalue weighted by Crippen LogP contribution is 2.30. The van der Waals surface area contributed by atoms with Gasteiger partial charge in [-0.15, -0.1) is 0 Å². The molecule has 0 amide bonds. The Morgan fingerprint density at radius 3 is 2.50 bits per heavy atom. The SMILES string of the molecule is CCCCCC(C)NC(=NCC(O)c1ccc(OC)c(OC)c1)NCC. The Hall–Kier alpha value is -1.95. The molecule has 1 aromatic carbocycles. The van der Waals surface area contributed by atoms with Crippen molar-refractivity contribution in [2.45, 2.75) is 58.6 Å². The zero-order chi connectivity index (χ0) is 19.4. The highest BCUT2D eigenvalue weighted by atomic mass is 16.5. The monoisotopic (exact) mass is 365 g/mol. The maximum Gasteiger partial charge on any atom is 0.191 e. The van der Waals surface area contributed by atoms with Crippen molar-refractivity contribution in [1.29, 1.82) is 0 Å². The molecule has 0 heterocycles. The van der Waals surface area contributed by atoms with E-state index in [1.807, 2.05) is 13.0 Å². The van der Waals surface area contributed by atoms with Gasteiger partial charge in [0.25, 0.3) is 0 Å². The molecular weight excluding hydrogens is 330 g/mol. The first-order valence-corrected chi connectivity index (χ1v) is 9.50. The average Bonchev–Trinajstić information content (AvgIpc) is 2.65. The summed E-state index contributed by atoms with van der Waals surface area (Å²) in [5.41, 5.74) is 0.748. The number of rotatable bonds is 11. The number of ether oxygens (including phenoxy) is 2. The van der Waals surface area contributed by atoms with Crippen LogP contribution in [0.5, 0.6) is 11.5 Å². The number of nitrogens with one attached hydrogen (secondary N) is 2. The first kappa shape index (κ1) is 22.1. The van der Waals surface area contributed by atoms with E-state index in [1.165, 1.54) is 19.3 Å². The second-order valence-electron chi connectivity index (χ2n) is 6.39. The number of unbranched alkanes of at least 4 members (excludes halogenated alkanes) is 2.